The summed E-state index contributed by atoms with van der Waals surface area (Å²) in [4.78, 5) is 13.7. The fourth-order valence-electron chi connectivity index (χ4n) is 4.61. The Morgan fingerprint density at radius 2 is 1.74 bits per heavy atom. The number of carboxylic acids is 1. The molecule has 1 saturated heterocycles. The van der Waals surface area contributed by atoms with Crippen LogP contribution in [0.1, 0.15) is 55.5 Å². The first-order valence-electron chi connectivity index (χ1n) is 11.1. The molecule has 2 aromatic carbocycles. The molecular weight excluding hydrogens is 388 g/mol. The minimum Gasteiger partial charge on any atom is -0.491 e. The van der Waals surface area contributed by atoms with Gasteiger partial charge in [-0.25, -0.2) is 4.79 Å². The van der Waals surface area contributed by atoms with Crippen LogP contribution in [0.25, 0.3) is 10.9 Å². The van der Waals surface area contributed by atoms with E-state index in [1.54, 1.807) is 24.3 Å². The molecule has 0 atom stereocenters. The lowest BCUT2D eigenvalue weighted by molar-refractivity contribution is 0.0691. The molecular formula is C26H32N2O3. The summed E-state index contributed by atoms with van der Waals surface area (Å²) < 4.78 is 8.20. The molecule has 0 radical (unpaired) electrons. The lowest BCUT2D eigenvalue weighted by Crippen LogP contribution is -2.36. The summed E-state index contributed by atoms with van der Waals surface area (Å²) in [6.07, 6.45) is 4.63. The first-order valence-corrected chi connectivity index (χ1v) is 11.1. The summed E-state index contributed by atoms with van der Waals surface area (Å²) in [7, 11) is 0. The van der Waals surface area contributed by atoms with Crippen LogP contribution in [0.3, 0.4) is 0 Å². The van der Waals surface area contributed by atoms with E-state index < -0.39 is 5.97 Å². The van der Waals surface area contributed by atoms with Crippen molar-refractivity contribution in [3.63, 3.8) is 0 Å². The summed E-state index contributed by atoms with van der Waals surface area (Å²) in [6.45, 7) is 10.1. The zero-order valence-electron chi connectivity index (χ0n) is 18.7. The van der Waals surface area contributed by atoms with Gasteiger partial charge in [-0.1, -0.05) is 30.3 Å². The van der Waals surface area contributed by atoms with Crippen molar-refractivity contribution >= 4 is 16.9 Å². The molecule has 5 nitrogen and oxygen atoms in total. The fraction of sp³-hybridized carbons (Fsp3) is 0.423. The molecule has 1 N–H and O–H groups in total. The topological polar surface area (TPSA) is 54.7 Å². The summed E-state index contributed by atoms with van der Waals surface area (Å²) in [5.74, 6) is 0.0594. The minimum atomic E-state index is -0.953. The van der Waals surface area contributed by atoms with E-state index in [2.05, 4.69) is 60.7 Å². The van der Waals surface area contributed by atoms with Crippen molar-refractivity contribution in [2.75, 3.05) is 26.2 Å². The Morgan fingerprint density at radius 1 is 1.06 bits per heavy atom. The van der Waals surface area contributed by atoms with Crippen LogP contribution in [0.5, 0.6) is 5.75 Å². The monoisotopic (exact) mass is 420 g/mol. The molecule has 1 aliphatic heterocycles. The molecule has 0 bridgehead atoms. The lowest BCUT2D eigenvalue weighted by Gasteiger charge is -2.32. The molecule has 1 aromatic heterocycles. The molecule has 0 saturated carbocycles. The highest BCUT2D eigenvalue weighted by atomic mass is 16.5. The summed E-state index contributed by atoms with van der Waals surface area (Å²) in [5, 5.41) is 10.7. The van der Waals surface area contributed by atoms with Crippen molar-refractivity contribution in [3.8, 4) is 5.75 Å². The molecule has 1 fully saturated rings. The quantitative estimate of drug-likeness (QED) is 0.584. The third-order valence-electron chi connectivity index (χ3n) is 6.28. The van der Waals surface area contributed by atoms with Gasteiger partial charge in [-0.2, -0.15) is 0 Å². The van der Waals surface area contributed by atoms with Crippen molar-refractivity contribution in [2.24, 2.45) is 0 Å². The largest absolute Gasteiger partial charge is 0.491 e. The van der Waals surface area contributed by atoms with Gasteiger partial charge in [-0.3, -0.25) is 4.90 Å². The van der Waals surface area contributed by atoms with Gasteiger partial charge in [0.15, 0.2) is 0 Å². The number of ether oxygens (including phenoxy) is 1. The molecule has 0 unspecified atom stereocenters. The van der Waals surface area contributed by atoms with Crippen molar-refractivity contribution in [1.29, 1.82) is 0 Å². The molecule has 0 spiro atoms. The molecule has 0 amide bonds. The van der Waals surface area contributed by atoms with Gasteiger partial charge >= 0.3 is 5.97 Å². The number of nitrogens with zero attached hydrogens (tertiary/aromatic N) is 2. The number of benzene rings is 2. The van der Waals surface area contributed by atoms with Crippen molar-refractivity contribution in [2.45, 2.75) is 45.1 Å². The maximum Gasteiger partial charge on any atom is 0.339 e. The molecule has 1 aliphatic rings. The van der Waals surface area contributed by atoms with Gasteiger partial charge in [0.05, 0.1) is 0 Å². The highest BCUT2D eigenvalue weighted by Crippen LogP contribution is 2.36. The maximum atomic E-state index is 11.3. The number of aromatic carboxylic acids is 1. The van der Waals surface area contributed by atoms with Gasteiger partial charge in [0, 0.05) is 29.2 Å². The van der Waals surface area contributed by atoms with Gasteiger partial charge in [-0.05, 0) is 76.4 Å². The number of likely N-dealkylation sites (tertiary alicyclic amines) is 1. The number of para-hydroxylation sites is 2. The third-order valence-corrected chi connectivity index (χ3v) is 6.28. The summed E-state index contributed by atoms with van der Waals surface area (Å²) in [5.41, 5.74) is 3.06. The zero-order valence-corrected chi connectivity index (χ0v) is 18.7. The number of rotatable bonds is 6. The van der Waals surface area contributed by atoms with Crippen LogP contribution in [0.4, 0.5) is 0 Å². The van der Waals surface area contributed by atoms with E-state index in [0.29, 0.717) is 18.3 Å². The van der Waals surface area contributed by atoms with Crippen LogP contribution in [0, 0.1) is 0 Å². The van der Waals surface area contributed by atoms with Crippen LogP contribution in [0.15, 0.2) is 54.7 Å². The maximum absolute atomic E-state index is 11.3. The second-order valence-electron chi connectivity index (χ2n) is 9.41. The standard InChI is InChI=1S/C26H32N2O3/c1-26(2,3)28-18-22(20-8-4-6-10-23(20)28)19-12-14-27(15-13-19)16-17-31-24-11-7-5-9-21(24)25(29)30/h4-11,18-19H,12-17H2,1-3H3,(H,29,30). The van der Waals surface area contributed by atoms with E-state index >= 15 is 0 Å². The number of hydrogen-bond acceptors (Lipinski definition) is 3. The molecule has 3 aromatic rings. The van der Waals surface area contributed by atoms with Crippen LogP contribution in [-0.4, -0.2) is 46.8 Å². The van der Waals surface area contributed by atoms with E-state index in [1.807, 2.05) is 0 Å². The zero-order chi connectivity index (χ0) is 22.0. The Morgan fingerprint density at radius 3 is 2.45 bits per heavy atom. The normalized spacial score (nSPS) is 16.0. The molecule has 0 aliphatic carbocycles. The number of piperidine rings is 1. The van der Waals surface area contributed by atoms with E-state index in [4.69, 9.17) is 4.74 Å². The molecule has 4 rings (SSSR count). The summed E-state index contributed by atoms with van der Waals surface area (Å²) >= 11 is 0. The van der Waals surface area contributed by atoms with Crippen LogP contribution >= 0.6 is 0 Å². The Bertz CT molecular complexity index is 1060. The smallest absolute Gasteiger partial charge is 0.339 e. The second kappa shape index (κ2) is 8.75. The fourth-order valence-corrected chi connectivity index (χ4v) is 4.61. The predicted molar refractivity (Wildman–Crippen MR) is 124 cm³/mol. The van der Waals surface area contributed by atoms with Crippen molar-refractivity contribution in [3.05, 3.63) is 65.9 Å². The number of fused-ring (bicyclic) bond motifs is 1. The average Bonchev–Trinajstić information content (AvgIpc) is 3.15. The number of carboxylic acid groups (broad SMARTS) is 1. The van der Waals surface area contributed by atoms with Gasteiger partial charge in [0.2, 0.25) is 0 Å². The third kappa shape index (κ3) is 4.62. The number of aromatic nitrogens is 1. The lowest BCUT2D eigenvalue weighted by atomic mass is 9.89. The van der Waals surface area contributed by atoms with Crippen LogP contribution < -0.4 is 4.74 Å². The SMILES string of the molecule is CC(C)(C)n1cc(C2CCN(CCOc3ccccc3C(=O)O)CC2)c2ccccc21. The van der Waals surface area contributed by atoms with Crippen molar-refractivity contribution in [1.82, 2.24) is 9.47 Å². The Labute approximate surface area is 184 Å². The second-order valence-corrected chi connectivity index (χ2v) is 9.41. The Kier molecular flexibility index (Phi) is 6.05. The van der Waals surface area contributed by atoms with Gasteiger partial charge in [0.1, 0.15) is 17.9 Å². The van der Waals surface area contributed by atoms with E-state index in [1.165, 1.54) is 16.5 Å². The van der Waals surface area contributed by atoms with Crippen LogP contribution in [0.2, 0.25) is 0 Å². The van der Waals surface area contributed by atoms with E-state index in [-0.39, 0.29) is 11.1 Å². The van der Waals surface area contributed by atoms with Crippen molar-refractivity contribution < 1.29 is 14.6 Å². The van der Waals surface area contributed by atoms with Gasteiger partial charge < -0.3 is 14.4 Å². The highest BCUT2D eigenvalue weighted by Gasteiger charge is 2.26. The van der Waals surface area contributed by atoms with E-state index in [0.717, 1.165) is 32.5 Å². The van der Waals surface area contributed by atoms with Gasteiger partial charge in [-0.15, -0.1) is 0 Å². The Balaban J connectivity index is 1.37. The number of hydrogen-bond donors (Lipinski definition) is 1. The predicted octanol–water partition coefficient (Wildman–Crippen LogP) is 5.35. The molecule has 5 heteroatoms. The first-order chi connectivity index (χ1) is 14.8. The van der Waals surface area contributed by atoms with Gasteiger partial charge in [0.25, 0.3) is 0 Å². The average molecular weight is 421 g/mol. The highest BCUT2D eigenvalue weighted by molar-refractivity contribution is 5.90. The van der Waals surface area contributed by atoms with Crippen LogP contribution in [-0.2, 0) is 5.54 Å². The van der Waals surface area contributed by atoms with E-state index in [9.17, 15) is 9.90 Å². The number of carbonyl (C=O) groups is 1. The molecule has 31 heavy (non-hydrogen) atoms. The Hall–Kier alpha value is -2.79. The minimum absolute atomic E-state index is 0.0577. The first kappa shape index (κ1) is 21.4. The molecule has 164 valence electrons. The summed E-state index contributed by atoms with van der Waals surface area (Å²) in [6, 6.07) is 15.6. The molecule has 2 heterocycles.